The standard InChI is InChI=1S/C11H21N3O2.ClH/c1-13-7-4-9(15)14-8-11(10(12)16)5-2-3-6-11;/h13H,2-8H2,1H3,(H2,12,16)(H,14,15);1H. The number of hydrogen-bond acceptors (Lipinski definition) is 3. The zero-order valence-electron chi connectivity index (χ0n) is 10.3. The van der Waals surface area contributed by atoms with Crippen molar-refractivity contribution in [3.8, 4) is 0 Å². The molecule has 0 aromatic heterocycles. The molecule has 1 aliphatic rings. The van der Waals surface area contributed by atoms with Gasteiger partial charge in [-0.25, -0.2) is 0 Å². The van der Waals surface area contributed by atoms with Crippen molar-refractivity contribution in [3.05, 3.63) is 0 Å². The minimum atomic E-state index is -0.491. The van der Waals surface area contributed by atoms with Crippen molar-refractivity contribution in [1.82, 2.24) is 10.6 Å². The molecule has 6 heteroatoms. The Morgan fingerprint density at radius 3 is 2.35 bits per heavy atom. The van der Waals surface area contributed by atoms with E-state index in [4.69, 9.17) is 5.73 Å². The second-order valence-electron chi connectivity index (χ2n) is 4.48. The molecular weight excluding hydrogens is 242 g/mol. The molecule has 0 atom stereocenters. The summed E-state index contributed by atoms with van der Waals surface area (Å²) in [4.78, 5) is 22.8. The van der Waals surface area contributed by atoms with E-state index < -0.39 is 5.41 Å². The molecule has 2 amide bonds. The summed E-state index contributed by atoms with van der Waals surface area (Å²) in [6.45, 7) is 1.04. The minimum absolute atomic E-state index is 0. The lowest BCUT2D eigenvalue weighted by Crippen LogP contribution is -2.45. The Morgan fingerprint density at radius 2 is 1.88 bits per heavy atom. The van der Waals surface area contributed by atoms with E-state index in [1.54, 1.807) is 7.05 Å². The molecule has 5 nitrogen and oxygen atoms in total. The fourth-order valence-electron chi connectivity index (χ4n) is 2.16. The predicted molar refractivity (Wildman–Crippen MR) is 68.9 cm³/mol. The van der Waals surface area contributed by atoms with Gasteiger partial charge in [0.15, 0.2) is 0 Å². The van der Waals surface area contributed by atoms with Crippen LogP contribution in [0.4, 0.5) is 0 Å². The van der Waals surface area contributed by atoms with Crippen LogP contribution in [-0.2, 0) is 9.59 Å². The molecule has 0 saturated heterocycles. The highest BCUT2D eigenvalue weighted by atomic mass is 35.5. The maximum atomic E-state index is 11.4. The molecule has 1 saturated carbocycles. The number of carbonyl (C=O) groups is 2. The lowest BCUT2D eigenvalue weighted by Gasteiger charge is -2.25. The van der Waals surface area contributed by atoms with Gasteiger partial charge < -0.3 is 16.4 Å². The van der Waals surface area contributed by atoms with Crippen LogP contribution in [0.5, 0.6) is 0 Å². The predicted octanol–water partition coefficient (Wildman–Crippen LogP) is 0.180. The van der Waals surface area contributed by atoms with Crippen LogP contribution < -0.4 is 16.4 Å². The molecular formula is C11H22ClN3O2. The molecule has 0 aliphatic heterocycles. The molecule has 100 valence electrons. The van der Waals surface area contributed by atoms with Crippen LogP contribution >= 0.6 is 12.4 Å². The third-order valence-corrected chi connectivity index (χ3v) is 3.31. The summed E-state index contributed by atoms with van der Waals surface area (Å²) >= 11 is 0. The first-order valence-corrected chi connectivity index (χ1v) is 5.82. The van der Waals surface area contributed by atoms with Gasteiger partial charge >= 0.3 is 0 Å². The van der Waals surface area contributed by atoms with E-state index in [-0.39, 0.29) is 24.2 Å². The van der Waals surface area contributed by atoms with Gasteiger partial charge in [0, 0.05) is 19.5 Å². The highest BCUT2D eigenvalue weighted by molar-refractivity contribution is 5.85. The van der Waals surface area contributed by atoms with E-state index in [1.165, 1.54) is 0 Å². The average molecular weight is 264 g/mol. The Morgan fingerprint density at radius 1 is 1.29 bits per heavy atom. The Hall–Kier alpha value is -0.810. The quantitative estimate of drug-likeness (QED) is 0.639. The van der Waals surface area contributed by atoms with Gasteiger partial charge in [-0.3, -0.25) is 9.59 Å². The molecule has 0 aromatic rings. The lowest BCUT2D eigenvalue weighted by atomic mass is 9.85. The molecule has 0 heterocycles. The van der Waals surface area contributed by atoms with Crippen LogP contribution in [0.2, 0.25) is 0 Å². The zero-order chi connectivity index (χ0) is 12.0. The second-order valence-corrected chi connectivity index (χ2v) is 4.48. The van der Waals surface area contributed by atoms with Gasteiger partial charge in [-0.05, 0) is 19.9 Å². The van der Waals surface area contributed by atoms with Crippen molar-refractivity contribution in [1.29, 1.82) is 0 Å². The second kappa shape index (κ2) is 7.50. The number of amides is 2. The fraction of sp³-hybridized carbons (Fsp3) is 0.818. The third kappa shape index (κ3) is 4.52. The van der Waals surface area contributed by atoms with Crippen LogP contribution in [0, 0.1) is 5.41 Å². The number of carbonyl (C=O) groups excluding carboxylic acids is 2. The summed E-state index contributed by atoms with van der Waals surface area (Å²) in [7, 11) is 1.80. The Kier molecular flexibility index (Phi) is 7.15. The lowest BCUT2D eigenvalue weighted by molar-refractivity contribution is -0.128. The number of hydrogen-bond donors (Lipinski definition) is 3. The summed E-state index contributed by atoms with van der Waals surface area (Å²) in [6, 6.07) is 0. The van der Waals surface area contributed by atoms with Gasteiger partial charge in [-0.15, -0.1) is 12.4 Å². The van der Waals surface area contributed by atoms with Gasteiger partial charge in [0.05, 0.1) is 5.41 Å². The van der Waals surface area contributed by atoms with Gasteiger partial charge in [-0.2, -0.15) is 0 Å². The topological polar surface area (TPSA) is 84.2 Å². The molecule has 17 heavy (non-hydrogen) atoms. The van der Waals surface area contributed by atoms with Gasteiger partial charge in [0.2, 0.25) is 11.8 Å². The minimum Gasteiger partial charge on any atom is -0.369 e. The van der Waals surface area contributed by atoms with E-state index in [0.29, 0.717) is 19.5 Å². The molecule has 0 unspecified atom stereocenters. The van der Waals surface area contributed by atoms with Crippen LogP contribution in [0.1, 0.15) is 32.1 Å². The molecule has 1 rings (SSSR count). The summed E-state index contributed by atoms with van der Waals surface area (Å²) < 4.78 is 0. The number of nitrogens with two attached hydrogens (primary N) is 1. The molecule has 1 aliphatic carbocycles. The van der Waals surface area contributed by atoms with E-state index in [9.17, 15) is 9.59 Å². The van der Waals surface area contributed by atoms with Crippen molar-refractivity contribution in [2.24, 2.45) is 11.1 Å². The normalized spacial score (nSPS) is 17.2. The van der Waals surface area contributed by atoms with Crippen LogP contribution in [0.25, 0.3) is 0 Å². The van der Waals surface area contributed by atoms with Crippen LogP contribution in [0.3, 0.4) is 0 Å². The van der Waals surface area contributed by atoms with Crippen LogP contribution in [-0.4, -0.2) is 32.0 Å². The largest absolute Gasteiger partial charge is 0.369 e. The maximum absolute atomic E-state index is 11.4. The SMILES string of the molecule is CNCCC(=O)NCC1(C(N)=O)CCCC1.Cl. The number of primary amides is 1. The monoisotopic (exact) mass is 263 g/mol. The van der Waals surface area contributed by atoms with E-state index in [0.717, 1.165) is 25.7 Å². The van der Waals surface area contributed by atoms with Crippen molar-refractivity contribution >= 4 is 24.2 Å². The van der Waals surface area contributed by atoms with Gasteiger partial charge in [-0.1, -0.05) is 12.8 Å². The fourth-order valence-corrected chi connectivity index (χ4v) is 2.16. The highest BCUT2D eigenvalue weighted by Gasteiger charge is 2.39. The average Bonchev–Trinajstić information content (AvgIpc) is 2.73. The number of halogens is 1. The molecule has 0 aromatic carbocycles. The Bertz CT molecular complexity index is 265. The summed E-state index contributed by atoms with van der Waals surface area (Å²) in [5, 5.41) is 5.71. The smallest absolute Gasteiger partial charge is 0.225 e. The summed E-state index contributed by atoms with van der Waals surface area (Å²) in [6.07, 6.45) is 4.08. The summed E-state index contributed by atoms with van der Waals surface area (Å²) in [5.41, 5.74) is 4.93. The van der Waals surface area contributed by atoms with Crippen molar-refractivity contribution in [3.63, 3.8) is 0 Å². The third-order valence-electron chi connectivity index (χ3n) is 3.31. The molecule has 1 fully saturated rings. The molecule has 0 radical (unpaired) electrons. The molecule has 0 bridgehead atoms. The zero-order valence-corrected chi connectivity index (χ0v) is 11.1. The maximum Gasteiger partial charge on any atom is 0.225 e. The van der Waals surface area contributed by atoms with Gasteiger partial charge in [0.1, 0.15) is 0 Å². The molecule has 0 spiro atoms. The Labute approximate surface area is 108 Å². The Balaban J connectivity index is 0.00000256. The number of nitrogens with one attached hydrogen (secondary N) is 2. The first-order chi connectivity index (χ1) is 7.60. The molecule has 4 N–H and O–H groups in total. The first kappa shape index (κ1) is 16.2. The highest BCUT2D eigenvalue weighted by Crippen LogP contribution is 2.37. The first-order valence-electron chi connectivity index (χ1n) is 5.82. The van der Waals surface area contributed by atoms with Crippen molar-refractivity contribution < 1.29 is 9.59 Å². The van der Waals surface area contributed by atoms with Gasteiger partial charge in [0.25, 0.3) is 0 Å². The van der Waals surface area contributed by atoms with E-state index in [1.807, 2.05) is 0 Å². The number of rotatable bonds is 6. The van der Waals surface area contributed by atoms with E-state index >= 15 is 0 Å². The van der Waals surface area contributed by atoms with Crippen LogP contribution in [0.15, 0.2) is 0 Å². The van der Waals surface area contributed by atoms with E-state index in [2.05, 4.69) is 10.6 Å². The van der Waals surface area contributed by atoms with Crippen molar-refractivity contribution in [2.45, 2.75) is 32.1 Å². The van der Waals surface area contributed by atoms with Crippen molar-refractivity contribution in [2.75, 3.05) is 20.1 Å². The summed E-state index contributed by atoms with van der Waals surface area (Å²) in [5.74, 6) is -0.305.